The highest BCUT2D eigenvalue weighted by molar-refractivity contribution is 5.94. The van der Waals surface area contributed by atoms with Gasteiger partial charge in [0.05, 0.1) is 5.56 Å². The second-order valence-corrected chi connectivity index (χ2v) is 5.90. The van der Waals surface area contributed by atoms with Gasteiger partial charge in [-0.2, -0.15) is 13.2 Å². The molecular formula is C15H19F3N2O2. The molecule has 0 fully saturated rings. The van der Waals surface area contributed by atoms with Gasteiger partial charge in [0.15, 0.2) is 0 Å². The van der Waals surface area contributed by atoms with Crippen LogP contribution >= 0.6 is 0 Å². The summed E-state index contributed by atoms with van der Waals surface area (Å²) in [5, 5.41) is 2.38. The maximum Gasteiger partial charge on any atom is 0.416 e. The molecule has 1 N–H and O–H groups in total. The van der Waals surface area contributed by atoms with Gasteiger partial charge in [-0.25, -0.2) is 0 Å². The zero-order valence-electron chi connectivity index (χ0n) is 12.9. The van der Waals surface area contributed by atoms with Crippen LogP contribution in [0.25, 0.3) is 0 Å². The zero-order chi connectivity index (χ0) is 17.1. The maximum atomic E-state index is 12.6. The molecule has 122 valence electrons. The Morgan fingerprint density at radius 2 is 1.77 bits per heavy atom. The van der Waals surface area contributed by atoms with Crippen molar-refractivity contribution in [1.82, 2.24) is 4.90 Å². The van der Waals surface area contributed by atoms with E-state index >= 15 is 0 Å². The molecule has 0 saturated heterocycles. The summed E-state index contributed by atoms with van der Waals surface area (Å²) in [6, 6.07) is 4.35. The summed E-state index contributed by atoms with van der Waals surface area (Å²) in [7, 11) is 0. The molecule has 0 spiro atoms. The molecule has 0 heterocycles. The Balaban J connectivity index is 2.83. The summed E-state index contributed by atoms with van der Waals surface area (Å²) in [5.74, 6) is -0.837. The Bertz CT molecular complexity index is 563. The van der Waals surface area contributed by atoms with Gasteiger partial charge in [0.25, 0.3) is 0 Å². The number of hydrogen-bond donors (Lipinski definition) is 1. The minimum Gasteiger partial charge on any atom is -0.329 e. The van der Waals surface area contributed by atoms with E-state index in [-0.39, 0.29) is 18.1 Å². The van der Waals surface area contributed by atoms with Crippen molar-refractivity contribution in [2.45, 2.75) is 39.4 Å². The summed E-state index contributed by atoms with van der Waals surface area (Å²) in [6.45, 7) is 6.42. The average molecular weight is 316 g/mol. The van der Waals surface area contributed by atoms with Gasteiger partial charge in [0, 0.05) is 18.2 Å². The van der Waals surface area contributed by atoms with Crippen LogP contribution in [0.15, 0.2) is 24.3 Å². The third kappa shape index (κ3) is 5.05. The van der Waals surface area contributed by atoms with Gasteiger partial charge in [0.1, 0.15) is 6.54 Å². The average Bonchev–Trinajstić information content (AvgIpc) is 2.33. The molecule has 1 aromatic carbocycles. The first-order chi connectivity index (χ1) is 9.91. The van der Waals surface area contributed by atoms with E-state index in [1.165, 1.54) is 24.0 Å². The second-order valence-electron chi connectivity index (χ2n) is 5.90. The predicted molar refractivity (Wildman–Crippen MR) is 77.2 cm³/mol. The van der Waals surface area contributed by atoms with E-state index < -0.39 is 23.2 Å². The molecule has 0 aromatic heterocycles. The van der Waals surface area contributed by atoms with Crippen LogP contribution in [0, 0.1) is 0 Å². The Labute approximate surface area is 127 Å². The van der Waals surface area contributed by atoms with Crippen molar-refractivity contribution in [2.75, 3.05) is 11.9 Å². The summed E-state index contributed by atoms with van der Waals surface area (Å²) < 4.78 is 37.8. The number of hydrogen-bond acceptors (Lipinski definition) is 2. The molecule has 0 aliphatic heterocycles. The van der Waals surface area contributed by atoms with E-state index in [2.05, 4.69) is 5.32 Å². The van der Waals surface area contributed by atoms with Gasteiger partial charge in [-0.3, -0.25) is 9.59 Å². The van der Waals surface area contributed by atoms with E-state index in [0.29, 0.717) is 0 Å². The van der Waals surface area contributed by atoms with Gasteiger partial charge in [-0.1, -0.05) is 6.07 Å². The molecule has 7 heteroatoms. The molecule has 0 atom stereocenters. The third-order valence-electron chi connectivity index (χ3n) is 2.97. The van der Waals surface area contributed by atoms with Gasteiger partial charge in [-0.05, 0) is 39.0 Å². The fourth-order valence-corrected chi connectivity index (χ4v) is 1.94. The highest BCUT2D eigenvalue weighted by Gasteiger charge is 2.31. The molecule has 0 saturated carbocycles. The standard InChI is InChI=1S/C15H19F3N2O2/c1-10(21)20(14(2,3)4)9-13(22)19-12-7-5-6-11(8-12)15(16,17)18/h5-8H,9H2,1-4H3,(H,19,22). The molecule has 1 aromatic rings. The van der Waals surface area contributed by atoms with Crippen LogP contribution in [0.1, 0.15) is 33.3 Å². The number of rotatable bonds is 3. The van der Waals surface area contributed by atoms with Gasteiger partial charge >= 0.3 is 6.18 Å². The number of anilines is 1. The highest BCUT2D eigenvalue weighted by atomic mass is 19.4. The first-order valence-corrected chi connectivity index (χ1v) is 6.66. The van der Waals surface area contributed by atoms with Crippen molar-refractivity contribution in [3.8, 4) is 0 Å². The van der Waals surface area contributed by atoms with E-state index in [1.54, 1.807) is 20.8 Å². The minimum atomic E-state index is -4.47. The van der Waals surface area contributed by atoms with E-state index in [9.17, 15) is 22.8 Å². The normalized spacial score (nSPS) is 12.0. The molecule has 0 radical (unpaired) electrons. The van der Waals surface area contributed by atoms with Gasteiger partial charge < -0.3 is 10.2 Å². The lowest BCUT2D eigenvalue weighted by atomic mass is 10.1. The number of alkyl halides is 3. The Morgan fingerprint density at radius 1 is 1.18 bits per heavy atom. The van der Waals surface area contributed by atoms with E-state index in [1.807, 2.05) is 0 Å². The van der Waals surface area contributed by atoms with Crippen molar-refractivity contribution in [3.05, 3.63) is 29.8 Å². The number of carbonyl (C=O) groups excluding carboxylic acids is 2. The zero-order valence-corrected chi connectivity index (χ0v) is 12.9. The van der Waals surface area contributed by atoms with E-state index in [4.69, 9.17) is 0 Å². The molecule has 22 heavy (non-hydrogen) atoms. The highest BCUT2D eigenvalue weighted by Crippen LogP contribution is 2.30. The fraction of sp³-hybridized carbons (Fsp3) is 0.467. The van der Waals surface area contributed by atoms with Crippen LogP contribution < -0.4 is 5.32 Å². The Kier molecular flexibility index (Phi) is 5.22. The quantitative estimate of drug-likeness (QED) is 0.930. The largest absolute Gasteiger partial charge is 0.416 e. The summed E-state index contributed by atoms with van der Waals surface area (Å²) in [6.07, 6.45) is -4.47. The van der Waals surface area contributed by atoms with Crippen LogP contribution in [-0.2, 0) is 15.8 Å². The van der Waals surface area contributed by atoms with Crippen molar-refractivity contribution in [3.63, 3.8) is 0 Å². The minimum absolute atomic E-state index is 0.0391. The number of halogens is 3. The van der Waals surface area contributed by atoms with Crippen LogP contribution in [0.4, 0.5) is 18.9 Å². The van der Waals surface area contributed by atoms with Gasteiger partial charge in [0.2, 0.25) is 11.8 Å². The number of carbonyl (C=O) groups is 2. The summed E-state index contributed by atoms with van der Waals surface area (Å²) >= 11 is 0. The molecule has 2 amide bonds. The number of nitrogens with one attached hydrogen (secondary N) is 1. The van der Waals surface area contributed by atoms with Crippen molar-refractivity contribution in [2.24, 2.45) is 0 Å². The molecule has 0 unspecified atom stereocenters. The lowest BCUT2D eigenvalue weighted by Crippen LogP contribution is -2.48. The lowest BCUT2D eigenvalue weighted by Gasteiger charge is -2.34. The SMILES string of the molecule is CC(=O)N(CC(=O)Nc1cccc(C(F)(F)F)c1)C(C)(C)C. The Morgan fingerprint density at radius 3 is 2.23 bits per heavy atom. The predicted octanol–water partition coefficient (Wildman–Crippen LogP) is 3.29. The smallest absolute Gasteiger partial charge is 0.329 e. The van der Waals surface area contributed by atoms with Crippen LogP contribution in [0.5, 0.6) is 0 Å². The maximum absolute atomic E-state index is 12.6. The molecule has 0 aliphatic carbocycles. The van der Waals surface area contributed by atoms with Crippen LogP contribution in [0.2, 0.25) is 0 Å². The molecule has 4 nitrogen and oxygen atoms in total. The van der Waals surface area contributed by atoms with Gasteiger partial charge in [-0.15, -0.1) is 0 Å². The number of amides is 2. The number of benzene rings is 1. The summed E-state index contributed by atoms with van der Waals surface area (Å²) in [5.41, 5.74) is -1.36. The number of nitrogens with zero attached hydrogens (tertiary/aromatic N) is 1. The van der Waals surface area contributed by atoms with Crippen molar-refractivity contribution in [1.29, 1.82) is 0 Å². The van der Waals surface area contributed by atoms with E-state index in [0.717, 1.165) is 12.1 Å². The topological polar surface area (TPSA) is 49.4 Å². The molecule has 1 rings (SSSR count). The fourth-order valence-electron chi connectivity index (χ4n) is 1.94. The third-order valence-corrected chi connectivity index (χ3v) is 2.97. The van der Waals surface area contributed by atoms with Crippen LogP contribution in [0.3, 0.4) is 0 Å². The lowest BCUT2D eigenvalue weighted by molar-refractivity contribution is -0.137. The van der Waals surface area contributed by atoms with Crippen molar-refractivity contribution < 1.29 is 22.8 Å². The first kappa shape index (κ1) is 18.0. The first-order valence-electron chi connectivity index (χ1n) is 6.66. The monoisotopic (exact) mass is 316 g/mol. The second kappa shape index (κ2) is 6.37. The Hall–Kier alpha value is -2.05. The molecule has 0 bridgehead atoms. The van der Waals surface area contributed by atoms with Crippen LogP contribution in [-0.4, -0.2) is 28.8 Å². The summed E-state index contributed by atoms with van der Waals surface area (Å²) in [4.78, 5) is 24.9. The molecular weight excluding hydrogens is 297 g/mol. The molecule has 0 aliphatic rings. The van der Waals surface area contributed by atoms with Crippen molar-refractivity contribution >= 4 is 17.5 Å².